The van der Waals surface area contributed by atoms with Crippen LogP contribution in [0.1, 0.15) is 0 Å². The monoisotopic (exact) mass is 291 g/mol. The van der Waals surface area contributed by atoms with Crippen LogP contribution in [0.15, 0.2) is 16.8 Å². The Morgan fingerprint density at radius 2 is 1.89 bits per heavy atom. The molecule has 0 aromatic rings. The fourth-order valence-corrected chi connectivity index (χ4v) is 2.99. The molecule has 0 aliphatic carbocycles. The van der Waals surface area contributed by atoms with Crippen LogP contribution in [0.4, 0.5) is 0 Å². The first kappa shape index (κ1) is 13.5. The molecule has 0 unspecified atom stereocenters. The second kappa shape index (κ2) is 4.99. The molecule has 2 aliphatic heterocycles. The minimum absolute atomic E-state index is 0.0664. The van der Waals surface area contributed by atoms with Crippen LogP contribution < -0.4 is 0 Å². The summed E-state index contributed by atoms with van der Waals surface area (Å²) < 4.78 is 24.2. The highest BCUT2D eigenvalue weighted by molar-refractivity contribution is 7.88. The predicted molar refractivity (Wildman–Crippen MR) is 69.2 cm³/mol. The molecule has 1 fully saturated rings. The molecule has 2 aliphatic rings. The van der Waals surface area contributed by atoms with Crippen molar-refractivity contribution in [2.24, 2.45) is 4.99 Å². The van der Waals surface area contributed by atoms with Gasteiger partial charge in [0.15, 0.2) is 5.78 Å². The van der Waals surface area contributed by atoms with Gasteiger partial charge in [-0.15, -0.1) is 0 Å². The number of ketones is 1. The summed E-state index contributed by atoms with van der Waals surface area (Å²) in [4.78, 5) is 17.4. The minimum Gasteiger partial charge on any atom is -0.366 e. The van der Waals surface area contributed by atoms with E-state index in [9.17, 15) is 13.2 Å². The molecule has 0 spiro atoms. The zero-order valence-corrected chi connectivity index (χ0v) is 11.5. The summed E-state index contributed by atoms with van der Waals surface area (Å²) in [6.07, 6.45) is 2.74. The number of Topliss-reactive ketones (excluding diaryl/α,β-unsaturated/α-hetero) is 1. The second-order valence-corrected chi connectivity index (χ2v) is 6.61. The van der Waals surface area contributed by atoms with Crippen molar-refractivity contribution in [1.82, 2.24) is 9.21 Å². The molecule has 8 heteroatoms. The zero-order chi connectivity index (χ0) is 13.3. The molecule has 2 rings (SSSR count). The summed E-state index contributed by atoms with van der Waals surface area (Å²) in [6, 6.07) is 0. The molecule has 0 atom stereocenters. The largest absolute Gasteiger partial charge is 0.366 e. The third kappa shape index (κ3) is 2.90. The van der Waals surface area contributed by atoms with Gasteiger partial charge in [0.25, 0.3) is 0 Å². The fraction of sp³-hybridized carbons (Fsp3) is 0.600. The first-order valence-corrected chi connectivity index (χ1v) is 7.75. The highest BCUT2D eigenvalue weighted by atomic mass is 35.5. The maximum atomic E-state index is 11.7. The Morgan fingerprint density at radius 3 is 2.44 bits per heavy atom. The lowest BCUT2D eigenvalue weighted by Gasteiger charge is -2.35. The summed E-state index contributed by atoms with van der Waals surface area (Å²) in [7, 11) is -3.15. The van der Waals surface area contributed by atoms with E-state index in [4.69, 9.17) is 11.6 Å². The lowest BCUT2D eigenvalue weighted by Crippen LogP contribution is -2.49. The molecule has 0 bridgehead atoms. The van der Waals surface area contributed by atoms with Crippen molar-refractivity contribution in [2.75, 3.05) is 39.0 Å². The van der Waals surface area contributed by atoms with Crippen molar-refractivity contribution >= 4 is 32.6 Å². The number of nitrogens with zero attached hydrogens (tertiary/aromatic N) is 3. The zero-order valence-electron chi connectivity index (χ0n) is 9.97. The number of allylic oxidation sites excluding steroid dienone is 1. The van der Waals surface area contributed by atoms with Gasteiger partial charge < -0.3 is 4.90 Å². The van der Waals surface area contributed by atoms with Crippen molar-refractivity contribution in [3.8, 4) is 0 Å². The quantitative estimate of drug-likeness (QED) is 0.698. The molecular weight excluding hydrogens is 278 g/mol. The van der Waals surface area contributed by atoms with Gasteiger partial charge in [0.1, 0.15) is 11.7 Å². The summed E-state index contributed by atoms with van der Waals surface area (Å²) >= 11 is 5.79. The second-order valence-electron chi connectivity index (χ2n) is 4.24. The SMILES string of the molecule is CS(=O)(=O)N1CCN(C2=CC(Cl)=NCC2=O)CC1. The first-order valence-electron chi connectivity index (χ1n) is 5.53. The summed E-state index contributed by atoms with van der Waals surface area (Å²) in [5.74, 6) is -0.0767. The van der Waals surface area contributed by atoms with Gasteiger partial charge in [-0.3, -0.25) is 9.79 Å². The van der Waals surface area contributed by atoms with Crippen LogP contribution in [-0.4, -0.2) is 67.6 Å². The molecule has 0 amide bonds. The van der Waals surface area contributed by atoms with Crippen molar-refractivity contribution in [2.45, 2.75) is 0 Å². The molecule has 6 nitrogen and oxygen atoms in total. The third-order valence-electron chi connectivity index (χ3n) is 2.96. The molecule has 100 valence electrons. The van der Waals surface area contributed by atoms with Crippen LogP contribution in [0.25, 0.3) is 0 Å². The summed E-state index contributed by atoms with van der Waals surface area (Å²) in [6.45, 7) is 1.83. The third-order valence-corrected chi connectivity index (χ3v) is 4.50. The lowest BCUT2D eigenvalue weighted by atomic mass is 10.2. The Morgan fingerprint density at radius 1 is 1.28 bits per heavy atom. The molecule has 0 radical (unpaired) electrons. The van der Waals surface area contributed by atoms with Gasteiger partial charge >= 0.3 is 0 Å². The van der Waals surface area contributed by atoms with E-state index in [1.165, 1.54) is 10.6 Å². The Hall–Kier alpha value is -0.920. The number of piperazine rings is 1. The van der Waals surface area contributed by atoms with Crippen LogP contribution in [0.2, 0.25) is 0 Å². The number of rotatable bonds is 2. The van der Waals surface area contributed by atoms with Crippen LogP contribution in [-0.2, 0) is 14.8 Å². The van der Waals surface area contributed by atoms with E-state index in [0.29, 0.717) is 37.0 Å². The van der Waals surface area contributed by atoms with E-state index in [2.05, 4.69) is 4.99 Å². The number of dihydropyridines is 1. The van der Waals surface area contributed by atoms with E-state index < -0.39 is 10.0 Å². The fourth-order valence-electron chi connectivity index (χ4n) is 2.00. The Bertz CT molecular complexity index is 518. The average Bonchev–Trinajstić information content (AvgIpc) is 2.31. The van der Waals surface area contributed by atoms with E-state index in [1.54, 1.807) is 6.08 Å². The van der Waals surface area contributed by atoms with Crippen LogP contribution in [0.3, 0.4) is 0 Å². The number of sulfonamides is 1. The van der Waals surface area contributed by atoms with Crippen LogP contribution in [0, 0.1) is 0 Å². The van der Waals surface area contributed by atoms with Crippen molar-refractivity contribution in [3.63, 3.8) is 0 Å². The molecule has 0 N–H and O–H groups in total. The molecular formula is C10H14ClN3O3S. The minimum atomic E-state index is -3.15. The highest BCUT2D eigenvalue weighted by Gasteiger charge is 2.27. The topological polar surface area (TPSA) is 70.1 Å². The standard InChI is InChI=1S/C10H14ClN3O3S/c1-18(16,17)14-4-2-13(3-5-14)8-6-10(11)12-7-9(8)15/h6H,2-5,7H2,1H3. The molecule has 2 heterocycles. The lowest BCUT2D eigenvalue weighted by molar-refractivity contribution is -0.116. The molecule has 0 aromatic heterocycles. The van der Waals surface area contributed by atoms with Crippen LogP contribution >= 0.6 is 11.6 Å². The maximum Gasteiger partial charge on any atom is 0.211 e. The average molecular weight is 292 g/mol. The Balaban J connectivity index is 2.06. The number of hydrogen-bond acceptors (Lipinski definition) is 5. The van der Waals surface area contributed by atoms with Crippen molar-refractivity contribution < 1.29 is 13.2 Å². The number of hydrogen-bond donors (Lipinski definition) is 0. The Kier molecular flexibility index (Phi) is 3.74. The Labute approximate surface area is 111 Å². The van der Waals surface area contributed by atoms with E-state index in [0.717, 1.165) is 0 Å². The van der Waals surface area contributed by atoms with Crippen molar-refractivity contribution in [3.05, 3.63) is 11.8 Å². The van der Waals surface area contributed by atoms with Crippen molar-refractivity contribution in [1.29, 1.82) is 0 Å². The summed E-state index contributed by atoms with van der Waals surface area (Å²) in [5, 5.41) is 0.315. The molecule has 18 heavy (non-hydrogen) atoms. The number of carbonyl (C=O) groups is 1. The maximum absolute atomic E-state index is 11.7. The predicted octanol–water partition coefficient (Wildman–Crippen LogP) is -0.333. The number of aliphatic imine (C=N–C) groups is 1. The number of carbonyl (C=O) groups excluding carboxylic acids is 1. The first-order chi connectivity index (χ1) is 8.38. The van der Waals surface area contributed by atoms with E-state index in [-0.39, 0.29) is 12.3 Å². The van der Waals surface area contributed by atoms with Gasteiger partial charge in [0, 0.05) is 32.3 Å². The smallest absolute Gasteiger partial charge is 0.211 e. The molecule has 0 aromatic carbocycles. The summed E-state index contributed by atoms with van der Waals surface area (Å²) in [5.41, 5.74) is 0.531. The molecule has 0 saturated carbocycles. The highest BCUT2D eigenvalue weighted by Crippen LogP contribution is 2.16. The molecule has 1 saturated heterocycles. The number of halogens is 1. The van der Waals surface area contributed by atoms with E-state index in [1.807, 2.05) is 4.90 Å². The van der Waals surface area contributed by atoms with Gasteiger partial charge in [0.05, 0.1) is 12.0 Å². The van der Waals surface area contributed by atoms with Gasteiger partial charge in [-0.2, -0.15) is 4.31 Å². The van der Waals surface area contributed by atoms with Gasteiger partial charge in [-0.1, -0.05) is 11.6 Å². The van der Waals surface area contributed by atoms with E-state index >= 15 is 0 Å². The van der Waals surface area contributed by atoms with Gasteiger partial charge in [-0.25, -0.2) is 8.42 Å². The van der Waals surface area contributed by atoms with Gasteiger partial charge in [-0.05, 0) is 0 Å². The normalized spacial score (nSPS) is 22.8. The van der Waals surface area contributed by atoms with Crippen LogP contribution in [0.5, 0.6) is 0 Å². The van der Waals surface area contributed by atoms with Gasteiger partial charge in [0.2, 0.25) is 10.0 Å².